The molecule has 0 aromatic heterocycles. The summed E-state index contributed by atoms with van der Waals surface area (Å²) in [6.45, 7) is 6.35. The van der Waals surface area contributed by atoms with Crippen molar-refractivity contribution in [1.82, 2.24) is 10.0 Å². The predicted molar refractivity (Wildman–Crippen MR) is 89.7 cm³/mol. The highest BCUT2D eigenvalue weighted by molar-refractivity contribution is 7.89. The third-order valence-electron chi connectivity index (χ3n) is 2.94. The van der Waals surface area contributed by atoms with Crippen LogP contribution in [0.1, 0.15) is 32.8 Å². The van der Waals surface area contributed by atoms with Gasteiger partial charge in [-0.2, -0.15) is 0 Å². The second-order valence-electron chi connectivity index (χ2n) is 6.34. The van der Waals surface area contributed by atoms with Gasteiger partial charge in [0.1, 0.15) is 0 Å². The molecule has 1 aromatic carbocycles. The zero-order valence-electron chi connectivity index (χ0n) is 14.2. The van der Waals surface area contributed by atoms with Crippen molar-refractivity contribution in [1.29, 1.82) is 0 Å². The van der Waals surface area contributed by atoms with E-state index in [1.165, 1.54) is 0 Å². The van der Waals surface area contributed by atoms with Gasteiger partial charge in [-0.25, -0.2) is 13.1 Å². The van der Waals surface area contributed by atoms with E-state index in [0.29, 0.717) is 26.0 Å². The highest BCUT2D eigenvalue weighted by Gasteiger charge is 2.21. The van der Waals surface area contributed by atoms with Gasteiger partial charge in [0.25, 0.3) is 0 Å². The maximum absolute atomic E-state index is 12.2. The van der Waals surface area contributed by atoms with Crippen molar-refractivity contribution in [2.24, 2.45) is 0 Å². The molecular weight excluding hydrogens is 316 g/mol. The summed E-state index contributed by atoms with van der Waals surface area (Å²) in [5.74, 6) is -0.0480. The molecule has 1 rings (SSSR count). The van der Waals surface area contributed by atoms with Crippen LogP contribution in [0, 0.1) is 0 Å². The summed E-state index contributed by atoms with van der Waals surface area (Å²) in [6.07, 6.45) is 0.919. The topological polar surface area (TPSA) is 84.5 Å². The fourth-order valence-electron chi connectivity index (χ4n) is 1.94. The van der Waals surface area contributed by atoms with Crippen LogP contribution in [0.4, 0.5) is 0 Å². The molecule has 0 heterocycles. The maximum Gasteiger partial charge on any atom is 0.241 e. The third kappa shape index (κ3) is 7.58. The van der Waals surface area contributed by atoms with Crippen LogP contribution >= 0.6 is 0 Å². The maximum atomic E-state index is 12.2. The van der Waals surface area contributed by atoms with Gasteiger partial charge in [0.2, 0.25) is 15.9 Å². The number of ether oxygens (including phenoxy) is 1. The zero-order valence-corrected chi connectivity index (χ0v) is 15.0. The van der Waals surface area contributed by atoms with E-state index in [0.717, 1.165) is 5.56 Å². The number of sulfonamides is 1. The molecule has 0 aliphatic rings. The van der Waals surface area contributed by atoms with Crippen LogP contribution in [0.25, 0.3) is 0 Å². The van der Waals surface area contributed by atoms with E-state index in [1.807, 2.05) is 0 Å². The Hall–Kier alpha value is -1.44. The monoisotopic (exact) mass is 342 g/mol. The zero-order chi connectivity index (χ0) is 17.5. The Morgan fingerprint density at radius 2 is 1.78 bits per heavy atom. The van der Waals surface area contributed by atoms with Crippen molar-refractivity contribution in [3.05, 3.63) is 29.8 Å². The molecular formula is C16H26N2O4S. The summed E-state index contributed by atoms with van der Waals surface area (Å²) in [5, 5.41) is 2.75. The average molecular weight is 342 g/mol. The molecule has 130 valence electrons. The molecule has 1 amide bonds. The van der Waals surface area contributed by atoms with Crippen LogP contribution in [0.3, 0.4) is 0 Å². The first-order chi connectivity index (χ1) is 10.6. The van der Waals surface area contributed by atoms with Gasteiger partial charge >= 0.3 is 0 Å². The van der Waals surface area contributed by atoms with Gasteiger partial charge in [0.05, 0.1) is 11.5 Å². The number of hydrogen-bond donors (Lipinski definition) is 2. The Morgan fingerprint density at radius 3 is 2.30 bits per heavy atom. The molecule has 0 bridgehead atoms. The Labute approximate surface area is 138 Å². The molecule has 0 aliphatic carbocycles. The predicted octanol–water partition coefficient (Wildman–Crippen LogP) is 1.46. The molecule has 23 heavy (non-hydrogen) atoms. The molecule has 0 unspecified atom stereocenters. The lowest BCUT2D eigenvalue weighted by Gasteiger charge is -2.20. The van der Waals surface area contributed by atoms with Crippen LogP contribution in [-0.2, 0) is 26.0 Å². The standard InChI is InChI=1S/C16H26N2O4S/c1-16(2,3)18-23(20,21)14-8-5-13(6-9-14)7-10-15(19)17-11-12-22-4/h5-6,8-9,18H,7,10-12H2,1-4H3,(H,17,19). The number of benzene rings is 1. The van der Waals surface area contributed by atoms with Crippen molar-refractivity contribution in [2.45, 2.75) is 44.0 Å². The van der Waals surface area contributed by atoms with E-state index in [2.05, 4.69) is 10.0 Å². The Kier molecular flexibility index (Phi) is 7.18. The lowest BCUT2D eigenvalue weighted by molar-refractivity contribution is -0.121. The summed E-state index contributed by atoms with van der Waals surface area (Å²) in [6, 6.07) is 6.60. The Balaban J connectivity index is 2.58. The SMILES string of the molecule is COCCNC(=O)CCc1ccc(S(=O)(=O)NC(C)(C)C)cc1. The van der Waals surface area contributed by atoms with Crippen molar-refractivity contribution < 1.29 is 17.9 Å². The first-order valence-corrected chi connectivity index (χ1v) is 9.01. The van der Waals surface area contributed by atoms with Crippen molar-refractivity contribution in [3.8, 4) is 0 Å². The summed E-state index contributed by atoms with van der Waals surface area (Å²) in [4.78, 5) is 11.8. The number of aryl methyl sites for hydroxylation is 1. The molecule has 0 saturated carbocycles. The van der Waals surface area contributed by atoms with E-state index in [-0.39, 0.29) is 10.8 Å². The molecule has 0 saturated heterocycles. The third-order valence-corrected chi connectivity index (χ3v) is 4.72. The lowest BCUT2D eigenvalue weighted by atomic mass is 10.1. The van der Waals surface area contributed by atoms with Crippen LogP contribution < -0.4 is 10.0 Å². The van der Waals surface area contributed by atoms with Gasteiger partial charge in [-0.1, -0.05) is 12.1 Å². The largest absolute Gasteiger partial charge is 0.383 e. The van der Waals surface area contributed by atoms with Crippen LogP contribution in [0.15, 0.2) is 29.2 Å². The van der Waals surface area contributed by atoms with Crippen LogP contribution in [0.5, 0.6) is 0 Å². The van der Waals surface area contributed by atoms with E-state index >= 15 is 0 Å². The van der Waals surface area contributed by atoms with Gasteiger partial charge in [0, 0.05) is 25.6 Å². The summed E-state index contributed by atoms with van der Waals surface area (Å²) >= 11 is 0. The van der Waals surface area contributed by atoms with E-state index in [4.69, 9.17) is 4.74 Å². The second kappa shape index (κ2) is 8.42. The molecule has 0 spiro atoms. The number of nitrogens with one attached hydrogen (secondary N) is 2. The van der Waals surface area contributed by atoms with Crippen LogP contribution in [0.2, 0.25) is 0 Å². The second-order valence-corrected chi connectivity index (χ2v) is 8.02. The molecule has 2 N–H and O–H groups in total. The summed E-state index contributed by atoms with van der Waals surface area (Å²) in [5.41, 5.74) is 0.388. The number of hydrogen-bond acceptors (Lipinski definition) is 4. The van der Waals surface area contributed by atoms with E-state index < -0.39 is 15.6 Å². The highest BCUT2D eigenvalue weighted by atomic mass is 32.2. The number of carbonyl (C=O) groups excluding carboxylic acids is 1. The summed E-state index contributed by atoms with van der Waals surface area (Å²) in [7, 11) is -1.94. The minimum Gasteiger partial charge on any atom is -0.383 e. The molecule has 1 aromatic rings. The fourth-order valence-corrected chi connectivity index (χ4v) is 3.35. The minimum atomic E-state index is -3.52. The van der Waals surface area contributed by atoms with Crippen LogP contribution in [-0.4, -0.2) is 40.1 Å². The van der Waals surface area contributed by atoms with Crippen molar-refractivity contribution in [2.75, 3.05) is 20.3 Å². The van der Waals surface area contributed by atoms with Gasteiger partial charge < -0.3 is 10.1 Å². The van der Waals surface area contributed by atoms with Gasteiger partial charge in [0.15, 0.2) is 0 Å². The summed E-state index contributed by atoms with van der Waals surface area (Å²) < 4.78 is 31.8. The first-order valence-electron chi connectivity index (χ1n) is 7.52. The number of methoxy groups -OCH3 is 1. The molecule has 0 fully saturated rings. The van der Waals surface area contributed by atoms with Gasteiger partial charge in [-0.15, -0.1) is 0 Å². The molecule has 0 atom stereocenters. The molecule has 0 radical (unpaired) electrons. The first kappa shape index (κ1) is 19.6. The normalized spacial score (nSPS) is 12.2. The Bertz CT molecular complexity index is 604. The Morgan fingerprint density at radius 1 is 1.17 bits per heavy atom. The molecule has 7 heteroatoms. The quantitative estimate of drug-likeness (QED) is 0.701. The number of rotatable bonds is 8. The highest BCUT2D eigenvalue weighted by Crippen LogP contribution is 2.14. The van der Waals surface area contributed by atoms with Crippen molar-refractivity contribution >= 4 is 15.9 Å². The average Bonchev–Trinajstić information content (AvgIpc) is 2.43. The fraction of sp³-hybridized carbons (Fsp3) is 0.562. The number of amides is 1. The van der Waals surface area contributed by atoms with Gasteiger partial charge in [-0.05, 0) is 44.9 Å². The lowest BCUT2D eigenvalue weighted by Crippen LogP contribution is -2.40. The molecule has 6 nitrogen and oxygen atoms in total. The molecule has 0 aliphatic heterocycles. The smallest absolute Gasteiger partial charge is 0.241 e. The van der Waals surface area contributed by atoms with E-state index in [1.54, 1.807) is 52.1 Å². The minimum absolute atomic E-state index is 0.0480. The van der Waals surface area contributed by atoms with Crippen molar-refractivity contribution in [3.63, 3.8) is 0 Å². The van der Waals surface area contributed by atoms with E-state index in [9.17, 15) is 13.2 Å². The number of carbonyl (C=O) groups is 1. The van der Waals surface area contributed by atoms with Gasteiger partial charge in [-0.3, -0.25) is 4.79 Å².